The van der Waals surface area contributed by atoms with Gasteiger partial charge in [0.2, 0.25) is 0 Å². The second-order valence-corrected chi connectivity index (χ2v) is 9.51. The molecule has 1 amide bonds. The molecule has 152 valence electrons. The Bertz CT molecular complexity index is 1130. The Morgan fingerprint density at radius 3 is 2.27 bits per heavy atom. The first-order chi connectivity index (χ1) is 14.3. The minimum atomic E-state index is -0.520. The average molecular weight is 660 g/mol. The third-order valence-electron chi connectivity index (χ3n) is 3.77. The second kappa shape index (κ2) is 10.5. The van der Waals surface area contributed by atoms with E-state index in [4.69, 9.17) is 4.74 Å². The third kappa shape index (κ3) is 6.10. The lowest BCUT2D eigenvalue weighted by Crippen LogP contribution is -2.17. The van der Waals surface area contributed by atoms with Gasteiger partial charge < -0.3 is 4.74 Å². The third-order valence-corrected chi connectivity index (χ3v) is 5.84. The fourth-order valence-corrected chi connectivity index (χ4v) is 4.38. The Hall–Kier alpha value is -1.81. The van der Waals surface area contributed by atoms with E-state index in [1.807, 2.05) is 6.07 Å². The summed E-state index contributed by atoms with van der Waals surface area (Å²) < 4.78 is 8.54. The monoisotopic (exact) mass is 656 g/mol. The van der Waals surface area contributed by atoms with Crippen molar-refractivity contribution in [3.8, 4) is 5.75 Å². The summed E-state index contributed by atoms with van der Waals surface area (Å²) in [5, 5.41) is 4.00. The van der Waals surface area contributed by atoms with Crippen LogP contribution >= 0.6 is 63.7 Å². The number of nitrogens with zero attached hydrogens (tertiary/aromatic N) is 1. The Kier molecular flexibility index (Phi) is 7.99. The number of rotatable bonds is 5. The molecule has 0 bridgehead atoms. The zero-order chi connectivity index (χ0) is 21.7. The minimum Gasteiger partial charge on any atom is -0.421 e. The molecule has 0 saturated heterocycles. The molecule has 0 heterocycles. The van der Waals surface area contributed by atoms with Crippen LogP contribution in [0.4, 0.5) is 0 Å². The molecular formula is C21H12Br4N2O3. The standard InChI is InChI=1S/C21H12Br4N2O3/c22-15-6-4-12(5-7-15)20(28)27-26-11-14-9-17(24)10-18(25)19(14)30-21(29)13-2-1-3-16(23)8-13/h1-11H,(H,27,28)/b26-11-. The number of nitrogens with one attached hydrogen (secondary N) is 1. The molecule has 0 saturated carbocycles. The van der Waals surface area contributed by atoms with Crippen LogP contribution in [-0.2, 0) is 0 Å². The largest absolute Gasteiger partial charge is 0.421 e. The predicted molar refractivity (Wildman–Crippen MR) is 130 cm³/mol. The summed E-state index contributed by atoms with van der Waals surface area (Å²) in [6.45, 7) is 0. The van der Waals surface area contributed by atoms with E-state index in [0.29, 0.717) is 21.2 Å². The number of hydrogen-bond donors (Lipinski definition) is 1. The zero-order valence-corrected chi connectivity index (χ0v) is 21.4. The lowest BCUT2D eigenvalue weighted by molar-refractivity contribution is 0.0732. The van der Waals surface area contributed by atoms with Crippen LogP contribution in [-0.4, -0.2) is 18.1 Å². The quantitative estimate of drug-likeness (QED) is 0.143. The van der Waals surface area contributed by atoms with Crippen molar-refractivity contribution in [1.29, 1.82) is 0 Å². The summed E-state index contributed by atoms with van der Waals surface area (Å²) in [5.74, 6) is -0.599. The lowest BCUT2D eigenvalue weighted by atomic mass is 10.2. The maximum Gasteiger partial charge on any atom is 0.343 e. The van der Waals surface area contributed by atoms with Gasteiger partial charge in [-0.05, 0) is 70.5 Å². The van der Waals surface area contributed by atoms with Crippen LogP contribution in [0.5, 0.6) is 5.75 Å². The van der Waals surface area contributed by atoms with Gasteiger partial charge in [-0.25, -0.2) is 10.2 Å². The molecular weight excluding hydrogens is 648 g/mol. The highest BCUT2D eigenvalue weighted by Crippen LogP contribution is 2.33. The van der Waals surface area contributed by atoms with Gasteiger partial charge in [0.05, 0.1) is 16.3 Å². The summed E-state index contributed by atoms with van der Waals surface area (Å²) in [6.07, 6.45) is 1.41. The second-order valence-electron chi connectivity index (χ2n) is 5.91. The van der Waals surface area contributed by atoms with Crippen molar-refractivity contribution in [2.24, 2.45) is 5.10 Å². The lowest BCUT2D eigenvalue weighted by Gasteiger charge is -2.11. The number of halogens is 4. The molecule has 3 rings (SSSR count). The van der Waals surface area contributed by atoms with Crippen LogP contribution < -0.4 is 10.2 Å². The normalized spacial score (nSPS) is 10.8. The molecule has 1 N–H and O–H groups in total. The molecule has 0 radical (unpaired) electrons. The van der Waals surface area contributed by atoms with Gasteiger partial charge in [0.1, 0.15) is 0 Å². The molecule has 0 spiro atoms. The topological polar surface area (TPSA) is 67.8 Å². The molecule has 3 aromatic rings. The van der Waals surface area contributed by atoms with Gasteiger partial charge >= 0.3 is 5.97 Å². The Morgan fingerprint density at radius 2 is 1.57 bits per heavy atom. The highest BCUT2D eigenvalue weighted by atomic mass is 79.9. The summed E-state index contributed by atoms with van der Waals surface area (Å²) in [6, 6.07) is 17.3. The number of carbonyl (C=O) groups excluding carboxylic acids is 2. The van der Waals surface area contributed by atoms with Crippen molar-refractivity contribution >= 4 is 81.8 Å². The van der Waals surface area contributed by atoms with Crippen LogP contribution in [0.3, 0.4) is 0 Å². The SMILES string of the molecule is O=C(N/N=C\c1cc(Br)cc(Br)c1OC(=O)c1cccc(Br)c1)c1ccc(Br)cc1. The van der Waals surface area contributed by atoms with E-state index in [0.717, 1.165) is 13.4 Å². The van der Waals surface area contributed by atoms with E-state index in [1.165, 1.54) is 6.21 Å². The Morgan fingerprint density at radius 1 is 0.833 bits per heavy atom. The van der Waals surface area contributed by atoms with E-state index < -0.39 is 5.97 Å². The average Bonchev–Trinajstić information content (AvgIpc) is 2.70. The van der Waals surface area contributed by atoms with Crippen molar-refractivity contribution < 1.29 is 14.3 Å². The van der Waals surface area contributed by atoms with E-state index in [-0.39, 0.29) is 11.7 Å². The molecule has 3 aromatic carbocycles. The van der Waals surface area contributed by atoms with Gasteiger partial charge in [-0.3, -0.25) is 4.79 Å². The summed E-state index contributed by atoms with van der Waals surface area (Å²) in [4.78, 5) is 24.8. The molecule has 0 unspecified atom stereocenters. The van der Waals surface area contributed by atoms with Crippen molar-refractivity contribution in [3.05, 3.63) is 95.2 Å². The highest BCUT2D eigenvalue weighted by Gasteiger charge is 2.15. The van der Waals surface area contributed by atoms with E-state index in [1.54, 1.807) is 54.6 Å². The van der Waals surface area contributed by atoms with Gasteiger partial charge in [0, 0.05) is 24.5 Å². The van der Waals surface area contributed by atoms with Gasteiger partial charge in [0.15, 0.2) is 5.75 Å². The number of benzene rings is 3. The number of ether oxygens (including phenoxy) is 1. The molecule has 0 aliphatic rings. The number of hydrogen-bond acceptors (Lipinski definition) is 4. The van der Waals surface area contributed by atoms with Crippen molar-refractivity contribution in [1.82, 2.24) is 5.43 Å². The van der Waals surface area contributed by atoms with E-state index >= 15 is 0 Å². The maximum atomic E-state index is 12.6. The fourth-order valence-electron chi connectivity index (χ4n) is 2.38. The van der Waals surface area contributed by atoms with Gasteiger partial charge in [0.25, 0.3) is 5.91 Å². The molecule has 0 atom stereocenters. The van der Waals surface area contributed by atoms with Gasteiger partial charge in [-0.1, -0.05) is 53.9 Å². The van der Waals surface area contributed by atoms with Crippen LogP contribution in [0.1, 0.15) is 26.3 Å². The first-order valence-corrected chi connectivity index (χ1v) is 11.6. The van der Waals surface area contributed by atoms with Crippen LogP contribution in [0, 0.1) is 0 Å². The van der Waals surface area contributed by atoms with Crippen LogP contribution in [0.15, 0.2) is 83.7 Å². The van der Waals surface area contributed by atoms with Crippen molar-refractivity contribution in [2.45, 2.75) is 0 Å². The Labute approximate surface area is 206 Å². The van der Waals surface area contributed by atoms with Gasteiger partial charge in [-0.2, -0.15) is 5.10 Å². The maximum absolute atomic E-state index is 12.6. The predicted octanol–water partition coefficient (Wildman–Crippen LogP) is 6.72. The summed E-state index contributed by atoms with van der Waals surface area (Å²) in [5.41, 5.74) is 3.82. The molecule has 0 fully saturated rings. The molecule has 0 aliphatic carbocycles. The molecule has 0 aliphatic heterocycles. The minimum absolute atomic E-state index is 0.282. The number of amides is 1. The van der Waals surface area contributed by atoms with Crippen molar-refractivity contribution in [3.63, 3.8) is 0 Å². The molecule has 9 heteroatoms. The van der Waals surface area contributed by atoms with E-state index in [9.17, 15) is 9.59 Å². The molecule has 5 nitrogen and oxygen atoms in total. The number of carbonyl (C=O) groups is 2. The fraction of sp³-hybridized carbons (Fsp3) is 0. The zero-order valence-electron chi connectivity index (χ0n) is 15.0. The Balaban J connectivity index is 1.80. The number of esters is 1. The molecule has 0 aromatic heterocycles. The smallest absolute Gasteiger partial charge is 0.343 e. The van der Waals surface area contributed by atoms with Crippen LogP contribution in [0.2, 0.25) is 0 Å². The summed E-state index contributed by atoms with van der Waals surface area (Å²) in [7, 11) is 0. The molecule has 30 heavy (non-hydrogen) atoms. The number of hydrazone groups is 1. The highest BCUT2D eigenvalue weighted by molar-refractivity contribution is 9.11. The first-order valence-electron chi connectivity index (χ1n) is 8.39. The van der Waals surface area contributed by atoms with E-state index in [2.05, 4.69) is 74.2 Å². The van der Waals surface area contributed by atoms with Gasteiger partial charge in [-0.15, -0.1) is 0 Å². The van der Waals surface area contributed by atoms with Crippen LogP contribution in [0.25, 0.3) is 0 Å². The first kappa shape index (κ1) is 22.9. The van der Waals surface area contributed by atoms with Crippen molar-refractivity contribution in [2.75, 3.05) is 0 Å². The summed E-state index contributed by atoms with van der Waals surface area (Å²) >= 11 is 13.5.